The molecule has 100 valence electrons. The van der Waals surface area contributed by atoms with Crippen LogP contribution in [-0.2, 0) is 13.1 Å². The van der Waals surface area contributed by atoms with Gasteiger partial charge >= 0.3 is 0 Å². The van der Waals surface area contributed by atoms with Gasteiger partial charge in [0.1, 0.15) is 12.1 Å². The first-order valence-corrected chi connectivity index (χ1v) is 5.81. The van der Waals surface area contributed by atoms with Crippen molar-refractivity contribution in [1.29, 1.82) is 0 Å². The summed E-state index contributed by atoms with van der Waals surface area (Å²) in [6, 6.07) is 6.28. The zero-order valence-corrected chi connectivity index (χ0v) is 10.4. The number of carbonyl (C=O) groups excluding carboxylic acids is 1. The third kappa shape index (κ3) is 3.38. The smallest absolute Gasteiger partial charge is 0.273 e. The van der Waals surface area contributed by atoms with E-state index in [1.54, 1.807) is 25.2 Å². The monoisotopic (exact) mass is 263 g/mol. The molecule has 0 spiro atoms. The van der Waals surface area contributed by atoms with Gasteiger partial charge in [-0.05, 0) is 13.1 Å². The zero-order chi connectivity index (χ0) is 13.7. The molecule has 0 saturated heterocycles. The Balaban J connectivity index is 1.95. The Labute approximate surface area is 109 Å². The lowest BCUT2D eigenvalue weighted by Gasteiger charge is -2.03. The molecule has 0 aliphatic rings. The van der Waals surface area contributed by atoms with Crippen LogP contribution in [-0.4, -0.2) is 17.9 Å². The molecule has 0 radical (unpaired) electrons. The summed E-state index contributed by atoms with van der Waals surface area (Å²) in [5.74, 6) is -0.313. The SMILES string of the molecule is CNCc1nc(C(=O)NCc2ccccc2F)co1. The summed E-state index contributed by atoms with van der Waals surface area (Å²) in [4.78, 5) is 15.8. The highest BCUT2D eigenvalue weighted by Gasteiger charge is 2.12. The molecule has 0 bridgehead atoms. The predicted octanol–water partition coefficient (Wildman–Crippen LogP) is 1.46. The number of rotatable bonds is 5. The molecule has 0 fully saturated rings. The van der Waals surface area contributed by atoms with E-state index in [0.29, 0.717) is 18.0 Å². The molecular formula is C13H14FN3O2. The van der Waals surface area contributed by atoms with E-state index in [1.807, 2.05) is 0 Å². The van der Waals surface area contributed by atoms with Gasteiger partial charge in [-0.2, -0.15) is 0 Å². The molecule has 0 saturated carbocycles. The Hall–Kier alpha value is -2.21. The van der Waals surface area contributed by atoms with Gasteiger partial charge in [-0.25, -0.2) is 9.37 Å². The minimum Gasteiger partial charge on any atom is -0.447 e. The minimum absolute atomic E-state index is 0.111. The normalized spacial score (nSPS) is 10.4. The van der Waals surface area contributed by atoms with Gasteiger partial charge in [-0.1, -0.05) is 18.2 Å². The number of benzene rings is 1. The van der Waals surface area contributed by atoms with E-state index in [1.165, 1.54) is 12.3 Å². The summed E-state index contributed by atoms with van der Waals surface area (Å²) in [5.41, 5.74) is 0.608. The Morgan fingerprint density at radius 1 is 1.37 bits per heavy atom. The van der Waals surface area contributed by atoms with Crippen LogP contribution in [0.3, 0.4) is 0 Å². The predicted molar refractivity (Wildman–Crippen MR) is 66.8 cm³/mol. The van der Waals surface area contributed by atoms with Crippen molar-refractivity contribution in [2.24, 2.45) is 0 Å². The van der Waals surface area contributed by atoms with E-state index >= 15 is 0 Å². The fourth-order valence-electron chi connectivity index (χ4n) is 1.56. The van der Waals surface area contributed by atoms with Crippen molar-refractivity contribution >= 4 is 5.91 Å². The fraction of sp³-hybridized carbons (Fsp3) is 0.231. The van der Waals surface area contributed by atoms with Crippen molar-refractivity contribution < 1.29 is 13.6 Å². The van der Waals surface area contributed by atoms with E-state index < -0.39 is 5.91 Å². The van der Waals surface area contributed by atoms with Crippen LogP contribution < -0.4 is 10.6 Å². The summed E-state index contributed by atoms with van der Waals surface area (Å²) in [5, 5.41) is 5.45. The summed E-state index contributed by atoms with van der Waals surface area (Å²) in [6.45, 7) is 0.556. The van der Waals surface area contributed by atoms with Crippen molar-refractivity contribution in [3.63, 3.8) is 0 Å². The van der Waals surface area contributed by atoms with Gasteiger partial charge in [0.2, 0.25) is 5.89 Å². The lowest BCUT2D eigenvalue weighted by atomic mass is 10.2. The number of oxazole rings is 1. The maximum Gasteiger partial charge on any atom is 0.273 e. The molecule has 1 aromatic carbocycles. The Morgan fingerprint density at radius 2 is 2.16 bits per heavy atom. The van der Waals surface area contributed by atoms with E-state index in [0.717, 1.165) is 0 Å². The molecular weight excluding hydrogens is 249 g/mol. The van der Waals surface area contributed by atoms with Crippen molar-refractivity contribution in [1.82, 2.24) is 15.6 Å². The van der Waals surface area contributed by atoms with Gasteiger partial charge in [0.25, 0.3) is 5.91 Å². The highest BCUT2D eigenvalue weighted by atomic mass is 19.1. The molecule has 6 heteroatoms. The summed E-state index contributed by atoms with van der Waals surface area (Å²) >= 11 is 0. The number of hydrogen-bond donors (Lipinski definition) is 2. The van der Waals surface area contributed by atoms with Crippen LogP contribution in [0.1, 0.15) is 21.9 Å². The standard InChI is InChI=1S/C13H14FN3O2/c1-15-7-12-17-11(8-19-12)13(18)16-6-9-4-2-3-5-10(9)14/h2-5,8,15H,6-7H2,1H3,(H,16,18). The van der Waals surface area contributed by atoms with Gasteiger partial charge in [-0.3, -0.25) is 4.79 Å². The quantitative estimate of drug-likeness (QED) is 0.857. The molecule has 19 heavy (non-hydrogen) atoms. The van der Waals surface area contributed by atoms with Crippen molar-refractivity contribution in [3.8, 4) is 0 Å². The Morgan fingerprint density at radius 3 is 2.89 bits per heavy atom. The van der Waals surface area contributed by atoms with Crippen LogP contribution in [0.4, 0.5) is 4.39 Å². The number of hydrogen-bond acceptors (Lipinski definition) is 4. The second-order valence-corrected chi connectivity index (χ2v) is 3.93. The molecule has 0 unspecified atom stereocenters. The third-order valence-corrected chi connectivity index (χ3v) is 2.51. The average molecular weight is 263 g/mol. The van der Waals surface area contributed by atoms with E-state index in [9.17, 15) is 9.18 Å². The lowest BCUT2D eigenvalue weighted by molar-refractivity contribution is 0.0945. The summed E-state index contributed by atoms with van der Waals surface area (Å²) in [6.07, 6.45) is 1.28. The maximum absolute atomic E-state index is 13.4. The molecule has 0 aliphatic heterocycles. The highest BCUT2D eigenvalue weighted by molar-refractivity contribution is 5.91. The van der Waals surface area contributed by atoms with Gasteiger partial charge < -0.3 is 15.1 Å². The van der Waals surface area contributed by atoms with Crippen molar-refractivity contribution in [3.05, 3.63) is 53.5 Å². The topological polar surface area (TPSA) is 67.2 Å². The van der Waals surface area contributed by atoms with Crippen molar-refractivity contribution in [2.45, 2.75) is 13.1 Å². The Kier molecular flexibility index (Phi) is 4.25. The number of amides is 1. The maximum atomic E-state index is 13.4. The molecule has 1 aromatic heterocycles. The number of carbonyl (C=O) groups is 1. The van der Waals surface area contributed by atoms with Crippen LogP contribution >= 0.6 is 0 Å². The molecule has 2 aromatic rings. The summed E-state index contributed by atoms with van der Waals surface area (Å²) < 4.78 is 18.4. The average Bonchev–Trinajstić information content (AvgIpc) is 2.87. The van der Waals surface area contributed by atoms with Gasteiger partial charge in [0.15, 0.2) is 5.69 Å². The number of halogens is 1. The summed E-state index contributed by atoms with van der Waals surface area (Å²) in [7, 11) is 1.75. The molecule has 1 amide bonds. The first kappa shape index (κ1) is 13.2. The third-order valence-electron chi connectivity index (χ3n) is 2.51. The van der Waals surface area contributed by atoms with Gasteiger partial charge in [0, 0.05) is 12.1 Å². The highest BCUT2D eigenvalue weighted by Crippen LogP contribution is 2.06. The Bertz CT molecular complexity index is 569. The van der Waals surface area contributed by atoms with E-state index in [4.69, 9.17) is 4.42 Å². The molecule has 0 atom stereocenters. The number of aromatic nitrogens is 1. The molecule has 1 heterocycles. The lowest BCUT2D eigenvalue weighted by Crippen LogP contribution is -2.23. The second-order valence-electron chi connectivity index (χ2n) is 3.93. The number of nitrogens with zero attached hydrogens (tertiary/aromatic N) is 1. The van der Waals surface area contributed by atoms with Gasteiger partial charge in [0.05, 0.1) is 6.54 Å². The molecule has 0 aliphatic carbocycles. The zero-order valence-electron chi connectivity index (χ0n) is 10.4. The minimum atomic E-state index is -0.394. The first-order chi connectivity index (χ1) is 9.20. The van der Waals surface area contributed by atoms with Gasteiger partial charge in [-0.15, -0.1) is 0 Å². The van der Waals surface area contributed by atoms with Crippen LogP contribution in [0, 0.1) is 5.82 Å². The molecule has 5 nitrogen and oxygen atoms in total. The number of nitrogens with one attached hydrogen (secondary N) is 2. The fourth-order valence-corrected chi connectivity index (χ4v) is 1.56. The van der Waals surface area contributed by atoms with Crippen LogP contribution in [0.15, 0.2) is 34.9 Å². The van der Waals surface area contributed by atoms with E-state index in [2.05, 4.69) is 15.6 Å². The van der Waals surface area contributed by atoms with Crippen LogP contribution in [0.2, 0.25) is 0 Å². The first-order valence-electron chi connectivity index (χ1n) is 5.81. The van der Waals surface area contributed by atoms with Crippen molar-refractivity contribution in [2.75, 3.05) is 7.05 Å². The van der Waals surface area contributed by atoms with Crippen LogP contribution in [0.5, 0.6) is 0 Å². The largest absolute Gasteiger partial charge is 0.447 e. The molecule has 2 N–H and O–H groups in total. The second kappa shape index (κ2) is 6.10. The molecule has 2 rings (SSSR count). The van der Waals surface area contributed by atoms with E-state index in [-0.39, 0.29) is 18.1 Å². The van der Waals surface area contributed by atoms with Crippen LogP contribution in [0.25, 0.3) is 0 Å².